The van der Waals surface area contributed by atoms with E-state index in [4.69, 9.17) is 9.52 Å². The number of hydrogen-bond acceptors (Lipinski definition) is 6. The first kappa shape index (κ1) is 14.0. The van der Waals surface area contributed by atoms with Crippen molar-refractivity contribution in [2.45, 2.75) is 19.4 Å². The van der Waals surface area contributed by atoms with Crippen LogP contribution in [-0.4, -0.2) is 38.3 Å². The SMILES string of the molecule is CC(C)(O)CNc1cc(-c2nc(C(=O)O)co2)ccn1. The van der Waals surface area contributed by atoms with Gasteiger partial charge in [0.15, 0.2) is 5.69 Å². The first-order valence-corrected chi connectivity index (χ1v) is 5.97. The van der Waals surface area contributed by atoms with E-state index in [1.54, 1.807) is 32.2 Å². The van der Waals surface area contributed by atoms with Gasteiger partial charge in [-0.15, -0.1) is 0 Å². The van der Waals surface area contributed by atoms with Gasteiger partial charge in [0, 0.05) is 18.3 Å². The van der Waals surface area contributed by atoms with Crippen LogP contribution in [0.25, 0.3) is 11.5 Å². The summed E-state index contributed by atoms with van der Waals surface area (Å²) in [6.07, 6.45) is 2.63. The summed E-state index contributed by atoms with van der Waals surface area (Å²) in [7, 11) is 0. The molecule has 0 aromatic carbocycles. The molecule has 2 heterocycles. The van der Waals surface area contributed by atoms with Gasteiger partial charge in [0.1, 0.15) is 12.1 Å². The average molecular weight is 277 g/mol. The largest absolute Gasteiger partial charge is 0.476 e. The fourth-order valence-corrected chi connectivity index (χ4v) is 1.47. The number of anilines is 1. The second kappa shape index (κ2) is 5.30. The number of nitrogens with one attached hydrogen (secondary N) is 1. The van der Waals surface area contributed by atoms with E-state index < -0.39 is 11.6 Å². The maximum atomic E-state index is 10.8. The molecule has 0 radical (unpaired) electrons. The molecule has 0 aliphatic heterocycles. The molecule has 0 bridgehead atoms. The van der Waals surface area contributed by atoms with E-state index in [0.29, 0.717) is 17.9 Å². The molecule has 0 aliphatic rings. The topological polar surface area (TPSA) is 108 Å². The molecule has 0 fully saturated rings. The number of aliphatic hydroxyl groups is 1. The monoisotopic (exact) mass is 277 g/mol. The number of rotatable bonds is 5. The molecule has 0 unspecified atom stereocenters. The third-order valence-corrected chi connectivity index (χ3v) is 2.43. The molecule has 106 valence electrons. The number of nitrogens with zero attached hydrogens (tertiary/aromatic N) is 2. The first-order valence-electron chi connectivity index (χ1n) is 5.97. The van der Waals surface area contributed by atoms with Crippen molar-refractivity contribution in [2.24, 2.45) is 0 Å². The lowest BCUT2D eigenvalue weighted by Crippen LogP contribution is -2.29. The Morgan fingerprint density at radius 3 is 2.85 bits per heavy atom. The van der Waals surface area contributed by atoms with Gasteiger partial charge in [-0.3, -0.25) is 0 Å². The van der Waals surface area contributed by atoms with Gasteiger partial charge in [0.05, 0.1) is 5.60 Å². The van der Waals surface area contributed by atoms with Crippen LogP contribution in [-0.2, 0) is 0 Å². The summed E-state index contributed by atoms with van der Waals surface area (Å²) < 4.78 is 5.12. The van der Waals surface area contributed by atoms with Gasteiger partial charge in [0.25, 0.3) is 0 Å². The molecule has 2 rings (SSSR count). The van der Waals surface area contributed by atoms with E-state index in [1.807, 2.05) is 0 Å². The Kier molecular flexibility index (Phi) is 3.71. The summed E-state index contributed by atoms with van der Waals surface area (Å²) in [5, 5.41) is 21.4. The molecule has 0 aliphatic carbocycles. The molecule has 0 saturated heterocycles. The summed E-state index contributed by atoms with van der Waals surface area (Å²) in [5.74, 6) is -0.398. The molecule has 7 heteroatoms. The third-order valence-electron chi connectivity index (χ3n) is 2.43. The van der Waals surface area contributed by atoms with Gasteiger partial charge >= 0.3 is 5.97 Å². The third kappa shape index (κ3) is 3.55. The lowest BCUT2D eigenvalue weighted by Gasteiger charge is -2.18. The van der Waals surface area contributed by atoms with Crippen molar-refractivity contribution in [3.05, 3.63) is 30.3 Å². The fraction of sp³-hybridized carbons (Fsp3) is 0.308. The predicted molar refractivity (Wildman–Crippen MR) is 71.5 cm³/mol. The zero-order valence-corrected chi connectivity index (χ0v) is 11.1. The Morgan fingerprint density at radius 2 is 2.25 bits per heavy atom. The van der Waals surface area contributed by atoms with Crippen LogP contribution in [0, 0.1) is 0 Å². The highest BCUT2D eigenvalue weighted by molar-refractivity contribution is 5.85. The molecule has 2 aromatic rings. The number of oxazole rings is 1. The van der Waals surface area contributed by atoms with E-state index in [1.165, 1.54) is 0 Å². The van der Waals surface area contributed by atoms with Gasteiger partial charge in [-0.05, 0) is 26.0 Å². The molecular formula is C13H15N3O4. The van der Waals surface area contributed by atoms with Crippen molar-refractivity contribution in [3.63, 3.8) is 0 Å². The second-order valence-corrected chi connectivity index (χ2v) is 4.94. The van der Waals surface area contributed by atoms with Crippen LogP contribution in [0.15, 0.2) is 29.0 Å². The molecule has 2 aromatic heterocycles. The minimum absolute atomic E-state index is 0.150. The lowest BCUT2D eigenvalue weighted by molar-refractivity contribution is 0.0690. The van der Waals surface area contributed by atoms with Crippen LogP contribution < -0.4 is 5.32 Å². The number of carbonyl (C=O) groups is 1. The molecule has 0 saturated carbocycles. The van der Waals surface area contributed by atoms with Crippen LogP contribution in [0.4, 0.5) is 5.82 Å². The van der Waals surface area contributed by atoms with Crippen LogP contribution in [0.1, 0.15) is 24.3 Å². The van der Waals surface area contributed by atoms with Gasteiger partial charge in [-0.1, -0.05) is 0 Å². The highest BCUT2D eigenvalue weighted by atomic mass is 16.4. The zero-order valence-electron chi connectivity index (χ0n) is 11.1. The average Bonchev–Trinajstić information content (AvgIpc) is 2.86. The van der Waals surface area contributed by atoms with Crippen LogP contribution >= 0.6 is 0 Å². The number of pyridine rings is 1. The quantitative estimate of drug-likeness (QED) is 0.761. The van der Waals surface area contributed by atoms with Gasteiger partial charge in [0.2, 0.25) is 5.89 Å². The normalized spacial score (nSPS) is 11.3. The number of aromatic nitrogens is 2. The number of carboxylic acids is 1. The number of aromatic carboxylic acids is 1. The Labute approximate surface area is 115 Å². The number of hydrogen-bond donors (Lipinski definition) is 3. The minimum Gasteiger partial charge on any atom is -0.476 e. The number of carboxylic acid groups (broad SMARTS) is 1. The van der Waals surface area contributed by atoms with Crippen molar-refractivity contribution in [1.29, 1.82) is 0 Å². The van der Waals surface area contributed by atoms with E-state index in [-0.39, 0.29) is 11.6 Å². The van der Waals surface area contributed by atoms with Crippen molar-refractivity contribution >= 4 is 11.8 Å². The van der Waals surface area contributed by atoms with Gasteiger partial charge in [-0.2, -0.15) is 0 Å². The summed E-state index contributed by atoms with van der Waals surface area (Å²) in [6, 6.07) is 3.33. The fourth-order valence-electron chi connectivity index (χ4n) is 1.47. The summed E-state index contributed by atoms with van der Waals surface area (Å²) in [6.45, 7) is 3.68. The van der Waals surface area contributed by atoms with E-state index in [9.17, 15) is 9.90 Å². The van der Waals surface area contributed by atoms with Crippen molar-refractivity contribution in [3.8, 4) is 11.5 Å². The van der Waals surface area contributed by atoms with Crippen LogP contribution in [0.2, 0.25) is 0 Å². The first-order chi connectivity index (χ1) is 9.35. The summed E-state index contributed by atoms with van der Waals surface area (Å²) >= 11 is 0. The van der Waals surface area contributed by atoms with Crippen molar-refractivity contribution < 1.29 is 19.4 Å². The maximum absolute atomic E-state index is 10.8. The smallest absolute Gasteiger partial charge is 0.357 e. The minimum atomic E-state index is -1.14. The molecule has 0 amide bonds. The van der Waals surface area contributed by atoms with E-state index in [0.717, 1.165) is 6.26 Å². The van der Waals surface area contributed by atoms with E-state index >= 15 is 0 Å². The molecular weight excluding hydrogens is 262 g/mol. The Hall–Kier alpha value is -2.41. The van der Waals surface area contributed by atoms with Gasteiger partial charge < -0.3 is 19.9 Å². The van der Waals surface area contributed by atoms with E-state index in [2.05, 4.69) is 15.3 Å². The highest BCUT2D eigenvalue weighted by Crippen LogP contribution is 2.21. The summed E-state index contributed by atoms with van der Waals surface area (Å²) in [5.41, 5.74) is -0.412. The molecule has 3 N–H and O–H groups in total. The zero-order chi connectivity index (χ0) is 14.8. The second-order valence-electron chi connectivity index (χ2n) is 4.94. The van der Waals surface area contributed by atoms with Crippen LogP contribution in [0.5, 0.6) is 0 Å². The predicted octanol–water partition coefficient (Wildman–Crippen LogP) is 1.62. The standard InChI is InChI=1S/C13H15N3O4/c1-13(2,19)7-15-10-5-8(3-4-14-10)11-16-9(6-20-11)12(17)18/h3-6,19H,7H2,1-2H3,(H,14,15)(H,17,18). The Morgan fingerprint density at radius 1 is 1.50 bits per heavy atom. The molecule has 0 atom stereocenters. The van der Waals surface area contributed by atoms with Crippen molar-refractivity contribution in [1.82, 2.24) is 9.97 Å². The maximum Gasteiger partial charge on any atom is 0.357 e. The Balaban J connectivity index is 2.18. The molecule has 0 spiro atoms. The van der Waals surface area contributed by atoms with Crippen molar-refractivity contribution in [2.75, 3.05) is 11.9 Å². The lowest BCUT2D eigenvalue weighted by atomic mass is 10.1. The summed E-state index contributed by atoms with van der Waals surface area (Å²) in [4.78, 5) is 18.7. The highest BCUT2D eigenvalue weighted by Gasteiger charge is 2.14. The molecule has 7 nitrogen and oxygen atoms in total. The molecule has 20 heavy (non-hydrogen) atoms. The Bertz CT molecular complexity index is 616. The van der Waals surface area contributed by atoms with Crippen LogP contribution in [0.3, 0.4) is 0 Å². The van der Waals surface area contributed by atoms with Gasteiger partial charge in [-0.25, -0.2) is 14.8 Å².